The molecule has 1 unspecified atom stereocenters. The van der Waals surface area contributed by atoms with Crippen molar-refractivity contribution in [1.82, 2.24) is 0 Å². The monoisotopic (exact) mass is 223 g/mol. The maximum atomic E-state index is 12.6. The van der Waals surface area contributed by atoms with Gasteiger partial charge in [-0.1, -0.05) is 0 Å². The molecule has 1 aliphatic carbocycles. The lowest BCUT2D eigenvalue weighted by molar-refractivity contribution is -0.599. The molecule has 4 nitrogen and oxygen atoms in total. The zero-order chi connectivity index (χ0) is 11.7. The number of halogens is 3. The molecule has 0 aromatic carbocycles. The van der Waals surface area contributed by atoms with Gasteiger partial charge in [-0.3, -0.25) is 14.9 Å². The average Bonchev–Trinajstić information content (AvgIpc) is 2.16. The van der Waals surface area contributed by atoms with Crippen molar-refractivity contribution in [2.24, 2.45) is 0 Å². The Morgan fingerprint density at radius 3 is 2.53 bits per heavy atom. The molecule has 0 fully saturated rings. The lowest BCUT2D eigenvalue weighted by Gasteiger charge is -2.27. The fourth-order valence-corrected chi connectivity index (χ4v) is 1.58. The summed E-state index contributed by atoms with van der Waals surface area (Å²) in [6.45, 7) is 0. The van der Waals surface area contributed by atoms with E-state index >= 15 is 0 Å². The van der Waals surface area contributed by atoms with E-state index in [9.17, 15) is 28.1 Å². The summed E-state index contributed by atoms with van der Waals surface area (Å²) >= 11 is 0. The summed E-state index contributed by atoms with van der Waals surface area (Å²) in [7, 11) is 0. The maximum Gasteiger partial charge on any atom is 0.464 e. The molecular formula is C8H8F3NO3. The van der Waals surface area contributed by atoms with E-state index < -0.39 is 23.1 Å². The van der Waals surface area contributed by atoms with Gasteiger partial charge in [-0.2, -0.15) is 13.2 Å². The molecule has 1 atom stereocenters. The summed E-state index contributed by atoms with van der Waals surface area (Å²) in [5.41, 5.74) is -3.24. The van der Waals surface area contributed by atoms with Crippen molar-refractivity contribution in [2.75, 3.05) is 0 Å². The SMILES string of the molecule is O=CC1=CC([N+](=O)[O-])(C(F)(F)F)CCC1. The molecule has 0 saturated heterocycles. The Kier molecular flexibility index (Phi) is 2.83. The summed E-state index contributed by atoms with van der Waals surface area (Å²) in [6.07, 6.45) is -4.75. The number of allylic oxidation sites excluding steroid dienone is 1. The molecule has 0 N–H and O–H groups in total. The molecule has 0 spiro atoms. The summed E-state index contributed by atoms with van der Waals surface area (Å²) in [5.74, 6) is 0. The van der Waals surface area contributed by atoms with E-state index in [-0.39, 0.29) is 24.7 Å². The van der Waals surface area contributed by atoms with Crippen molar-refractivity contribution in [1.29, 1.82) is 0 Å². The smallest absolute Gasteiger partial charge is 0.298 e. The van der Waals surface area contributed by atoms with Crippen LogP contribution in [0.5, 0.6) is 0 Å². The van der Waals surface area contributed by atoms with E-state index in [1.165, 1.54) is 0 Å². The topological polar surface area (TPSA) is 60.2 Å². The first-order valence-corrected chi connectivity index (χ1v) is 4.21. The Morgan fingerprint density at radius 1 is 1.53 bits per heavy atom. The van der Waals surface area contributed by atoms with Crippen molar-refractivity contribution in [2.45, 2.75) is 31.0 Å². The molecular weight excluding hydrogens is 215 g/mol. The fraction of sp³-hybridized carbons (Fsp3) is 0.625. The van der Waals surface area contributed by atoms with Crippen LogP contribution < -0.4 is 0 Å². The quantitative estimate of drug-likeness (QED) is 0.408. The number of carbonyl (C=O) groups excluding carboxylic acids is 1. The normalized spacial score (nSPS) is 27.0. The van der Waals surface area contributed by atoms with E-state index in [2.05, 4.69) is 0 Å². The molecule has 0 aromatic rings. The van der Waals surface area contributed by atoms with Crippen molar-refractivity contribution in [3.8, 4) is 0 Å². The first-order chi connectivity index (χ1) is 6.83. The van der Waals surface area contributed by atoms with Crippen LogP contribution in [0.2, 0.25) is 0 Å². The van der Waals surface area contributed by atoms with Crippen LogP contribution in [0.3, 0.4) is 0 Å². The van der Waals surface area contributed by atoms with Crippen molar-refractivity contribution in [3.63, 3.8) is 0 Å². The molecule has 1 rings (SSSR count). The Balaban J connectivity index is 3.23. The minimum Gasteiger partial charge on any atom is -0.298 e. The molecule has 0 bridgehead atoms. The minimum atomic E-state index is -4.97. The molecule has 1 aliphatic rings. The van der Waals surface area contributed by atoms with Crippen molar-refractivity contribution >= 4 is 6.29 Å². The molecule has 0 aromatic heterocycles. The standard InChI is InChI=1S/C8H8F3NO3/c9-8(10,11)7(12(14)15)3-1-2-6(4-7)5-13/h4-5H,1-3H2. The van der Waals surface area contributed by atoms with Gasteiger partial charge in [-0.15, -0.1) is 0 Å². The van der Waals surface area contributed by atoms with E-state index in [0.29, 0.717) is 6.08 Å². The van der Waals surface area contributed by atoms with E-state index in [1.807, 2.05) is 0 Å². The van der Waals surface area contributed by atoms with Gasteiger partial charge in [-0.25, -0.2) is 0 Å². The number of nitro groups is 1. The highest BCUT2D eigenvalue weighted by Crippen LogP contribution is 2.41. The van der Waals surface area contributed by atoms with Crippen molar-refractivity contribution in [3.05, 3.63) is 21.8 Å². The highest BCUT2D eigenvalue weighted by atomic mass is 19.4. The highest BCUT2D eigenvalue weighted by Gasteiger charge is 2.64. The molecule has 0 radical (unpaired) electrons. The maximum absolute atomic E-state index is 12.6. The van der Waals surface area contributed by atoms with E-state index in [0.717, 1.165) is 0 Å². The lowest BCUT2D eigenvalue weighted by Crippen LogP contribution is -2.51. The number of hydrogen-bond acceptors (Lipinski definition) is 3. The first kappa shape index (κ1) is 11.7. The predicted molar refractivity (Wildman–Crippen MR) is 43.8 cm³/mol. The third-order valence-electron chi connectivity index (χ3n) is 2.42. The van der Waals surface area contributed by atoms with Crippen LogP contribution in [-0.2, 0) is 4.79 Å². The lowest BCUT2D eigenvalue weighted by atomic mass is 9.84. The predicted octanol–water partition coefficient (Wildman–Crippen LogP) is 1.87. The zero-order valence-corrected chi connectivity index (χ0v) is 7.58. The average molecular weight is 223 g/mol. The van der Waals surface area contributed by atoms with Crippen LogP contribution in [0.15, 0.2) is 11.6 Å². The van der Waals surface area contributed by atoms with Crippen LogP contribution in [0.1, 0.15) is 19.3 Å². The number of rotatable bonds is 2. The Bertz CT molecular complexity index is 324. The number of alkyl halides is 3. The third-order valence-corrected chi connectivity index (χ3v) is 2.42. The number of hydrogen-bond donors (Lipinski definition) is 0. The van der Waals surface area contributed by atoms with E-state index in [1.54, 1.807) is 0 Å². The highest BCUT2D eigenvalue weighted by molar-refractivity contribution is 5.73. The summed E-state index contributed by atoms with van der Waals surface area (Å²) in [6, 6.07) is 0. The number of aldehydes is 1. The van der Waals surface area contributed by atoms with Crippen LogP contribution in [0.25, 0.3) is 0 Å². The second-order valence-corrected chi connectivity index (χ2v) is 3.37. The van der Waals surface area contributed by atoms with Crippen molar-refractivity contribution < 1.29 is 22.9 Å². The Morgan fingerprint density at radius 2 is 2.13 bits per heavy atom. The van der Waals surface area contributed by atoms with Gasteiger partial charge in [0.1, 0.15) is 6.29 Å². The number of nitrogens with zero attached hydrogens (tertiary/aromatic N) is 1. The number of carbonyl (C=O) groups is 1. The van der Waals surface area contributed by atoms with Crippen LogP contribution in [0, 0.1) is 10.1 Å². The van der Waals surface area contributed by atoms with E-state index in [4.69, 9.17) is 0 Å². The van der Waals surface area contributed by atoms with Crippen LogP contribution in [0.4, 0.5) is 13.2 Å². The zero-order valence-electron chi connectivity index (χ0n) is 7.58. The minimum absolute atomic E-state index is 0.00887. The molecule has 0 aliphatic heterocycles. The summed E-state index contributed by atoms with van der Waals surface area (Å²) in [5, 5.41) is 10.5. The Labute approximate surface area is 82.9 Å². The van der Waals surface area contributed by atoms with Gasteiger partial charge in [0.25, 0.3) is 0 Å². The molecule has 84 valence electrons. The first-order valence-electron chi connectivity index (χ1n) is 4.21. The largest absolute Gasteiger partial charge is 0.464 e. The van der Waals surface area contributed by atoms with Crippen LogP contribution in [-0.4, -0.2) is 22.9 Å². The summed E-state index contributed by atoms with van der Waals surface area (Å²) in [4.78, 5) is 19.5. The van der Waals surface area contributed by atoms with Gasteiger partial charge < -0.3 is 0 Å². The third kappa shape index (κ3) is 1.86. The van der Waals surface area contributed by atoms with Gasteiger partial charge in [0, 0.05) is 17.4 Å². The van der Waals surface area contributed by atoms with Gasteiger partial charge >= 0.3 is 11.7 Å². The second kappa shape index (κ2) is 3.63. The van der Waals surface area contributed by atoms with Crippen LogP contribution >= 0.6 is 0 Å². The van der Waals surface area contributed by atoms with Gasteiger partial charge in [0.2, 0.25) is 0 Å². The molecule has 0 saturated carbocycles. The second-order valence-electron chi connectivity index (χ2n) is 3.37. The molecule has 7 heteroatoms. The summed E-state index contributed by atoms with van der Waals surface area (Å²) < 4.78 is 37.7. The Hall–Kier alpha value is -1.40. The molecule has 15 heavy (non-hydrogen) atoms. The molecule has 0 amide bonds. The van der Waals surface area contributed by atoms with Gasteiger partial charge in [0.15, 0.2) is 0 Å². The fourth-order valence-electron chi connectivity index (χ4n) is 1.58. The van der Waals surface area contributed by atoms with Gasteiger partial charge in [-0.05, 0) is 18.4 Å². The van der Waals surface area contributed by atoms with Gasteiger partial charge in [0.05, 0.1) is 0 Å². The molecule has 0 heterocycles.